The van der Waals surface area contributed by atoms with E-state index in [2.05, 4.69) is 49.0 Å². The van der Waals surface area contributed by atoms with E-state index in [1.165, 1.54) is 0 Å². The minimum Gasteiger partial charge on any atom is -0.370 e. The molecule has 3 aromatic heterocycles. The average molecular weight is 468 g/mol. The summed E-state index contributed by atoms with van der Waals surface area (Å²) in [5.41, 5.74) is 6.65. The molecule has 8 nitrogen and oxygen atoms in total. The van der Waals surface area contributed by atoms with Crippen LogP contribution in [0.5, 0.6) is 0 Å². The summed E-state index contributed by atoms with van der Waals surface area (Å²) in [6.45, 7) is 2.56. The number of benzene rings is 1. The Morgan fingerprint density at radius 1 is 1.03 bits per heavy atom. The van der Waals surface area contributed by atoms with Crippen molar-refractivity contribution >= 4 is 34.1 Å². The van der Waals surface area contributed by atoms with Gasteiger partial charge in [0.15, 0.2) is 0 Å². The Kier molecular flexibility index (Phi) is 5.37. The molecular weight excluding hydrogens is 438 g/mol. The van der Waals surface area contributed by atoms with Crippen molar-refractivity contribution in [2.75, 3.05) is 30.4 Å². The summed E-state index contributed by atoms with van der Waals surface area (Å²) >= 11 is 0. The smallest absolute Gasteiger partial charge is 0.254 e. The van der Waals surface area contributed by atoms with E-state index in [1.54, 1.807) is 0 Å². The van der Waals surface area contributed by atoms with Crippen molar-refractivity contribution in [3.05, 3.63) is 66.1 Å². The van der Waals surface area contributed by atoms with Gasteiger partial charge in [0.25, 0.3) is 5.91 Å². The molecule has 8 heteroatoms. The second kappa shape index (κ2) is 8.70. The molecular formula is C27H29N7O. The minimum absolute atomic E-state index is 0.0632. The third-order valence-electron chi connectivity index (χ3n) is 7.30. The standard InChI is InChI=1S/C27H29N7O/c1-28-17-8-13-34(14-9-17)18-3-6-24(30-15-18)32-23-5-4-19(22-16-31-27(35)25(22)23)20-7-11-29-26-21(20)10-12-33(26)2/h3-7,10-12,15,17,28H,8-9,13-14,16H2,1-2H3,(H,30,32)(H,31,35). The van der Waals surface area contributed by atoms with Gasteiger partial charge < -0.3 is 25.4 Å². The molecule has 1 fully saturated rings. The molecule has 3 N–H and O–H groups in total. The summed E-state index contributed by atoms with van der Waals surface area (Å²) < 4.78 is 2.01. The zero-order chi connectivity index (χ0) is 23.9. The fourth-order valence-electron chi connectivity index (χ4n) is 5.32. The molecule has 1 saturated heterocycles. The molecule has 0 unspecified atom stereocenters. The number of hydrogen-bond acceptors (Lipinski definition) is 6. The van der Waals surface area contributed by atoms with Gasteiger partial charge in [0, 0.05) is 50.5 Å². The van der Waals surface area contributed by atoms with Gasteiger partial charge in [-0.25, -0.2) is 9.97 Å². The molecule has 0 atom stereocenters. The summed E-state index contributed by atoms with van der Waals surface area (Å²) in [6, 6.07) is 12.9. The Morgan fingerprint density at radius 3 is 2.66 bits per heavy atom. The van der Waals surface area contributed by atoms with Gasteiger partial charge in [-0.1, -0.05) is 6.07 Å². The van der Waals surface area contributed by atoms with E-state index in [0.717, 1.165) is 70.8 Å². The predicted molar refractivity (Wildman–Crippen MR) is 139 cm³/mol. The molecule has 0 bridgehead atoms. The number of nitrogens with zero attached hydrogens (tertiary/aromatic N) is 4. The number of anilines is 3. The van der Waals surface area contributed by atoms with Crippen molar-refractivity contribution in [1.29, 1.82) is 0 Å². The van der Waals surface area contributed by atoms with E-state index in [4.69, 9.17) is 0 Å². The minimum atomic E-state index is -0.0632. The first kappa shape index (κ1) is 21.6. The molecule has 6 rings (SSSR count). The van der Waals surface area contributed by atoms with Crippen molar-refractivity contribution in [1.82, 2.24) is 25.2 Å². The van der Waals surface area contributed by atoms with Gasteiger partial charge in [-0.05, 0) is 66.9 Å². The number of piperidine rings is 1. The zero-order valence-corrected chi connectivity index (χ0v) is 20.0. The molecule has 1 amide bonds. The summed E-state index contributed by atoms with van der Waals surface area (Å²) in [5, 5.41) is 10.8. The van der Waals surface area contributed by atoms with Crippen molar-refractivity contribution in [3.8, 4) is 11.1 Å². The van der Waals surface area contributed by atoms with Crippen molar-refractivity contribution < 1.29 is 4.79 Å². The van der Waals surface area contributed by atoms with Gasteiger partial charge in [0.05, 0.1) is 23.1 Å². The van der Waals surface area contributed by atoms with E-state index in [1.807, 2.05) is 55.5 Å². The number of amides is 1. The highest BCUT2D eigenvalue weighted by molar-refractivity contribution is 6.07. The van der Waals surface area contributed by atoms with Crippen molar-refractivity contribution in [3.63, 3.8) is 0 Å². The number of carbonyl (C=O) groups excluding carboxylic acids is 1. The number of carbonyl (C=O) groups is 1. The maximum Gasteiger partial charge on any atom is 0.254 e. The van der Waals surface area contributed by atoms with E-state index >= 15 is 0 Å². The fourth-order valence-corrected chi connectivity index (χ4v) is 5.32. The van der Waals surface area contributed by atoms with Gasteiger partial charge >= 0.3 is 0 Å². The molecule has 4 aromatic rings. The van der Waals surface area contributed by atoms with Crippen LogP contribution in [0.3, 0.4) is 0 Å². The largest absolute Gasteiger partial charge is 0.370 e. The first-order chi connectivity index (χ1) is 17.1. The topological polar surface area (TPSA) is 87.1 Å². The van der Waals surface area contributed by atoms with Gasteiger partial charge in [-0.2, -0.15) is 0 Å². The first-order valence-corrected chi connectivity index (χ1v) is 12.1. The van der Waals surface area contributed by atoms with Crippen LogP contribution in [-0.2, 0) is 13.6 Å². The predicted octanol–water partition coefficient (Wildman–Crippen LogP) is 3.81. The number of hydrogen-bond donors (Lipinski definition) is 3. The van der Waals surface area contributed by atoms with Crippen LogP contribution in [-0.4, -0.2) is 46.6 Å². The number of rotatable bonds is 5. The number of pyridine rings is 2. The van der Waals surface area contributed by atoms with E-state index in [0.29, 0.717) is 18.2 Å². The Hall–Kier alpha value is -3.91. The zero-order valence-electron chi connectivity index (χ0n) is 20.0. The quantitative estimate of drug-likeness (QED) is 0.414. The van der Waals surface area contributed by atoms with E-state index in [-0.39, 0.29) is 5.91 Å². The summed E-state index contributed by atoms with van der Waals surface area (Å²) in [6.07, 6.45) is 8.03. The van der Waals surface area contributed by atoms with Gasteiger partial charge in [-0.15, -0.1) is 0 Å². The maximum absolute atomic E-state index is 12.8. The molecule has 2 aliphatic rings. The van der Waals surface area contributed by atoms with Gasteiger partial charge in [0.2, 0.25) is 0 Å². The molecule has 0 spiro atoms. The molecule has 1 aromatic carbocycles. The monoisotopic (exact) mass is 467 g/mol. The SMILES string of the molecule is CNC1CCN(c2ccc(Nc3ccc(-c4ccnc5c4ccn5C)c4c3C(=O)NC4)nc2)CC1. The molecule has 2 aliphatic heterocycles. The highest BCUT2D eigenvalue weighted by Gasteiger charge is 2.27. The Bertz CT molecular complexity index is 1400. The Morgan fingerprint density at radius 2 is 1.89 bits per heavy atom. The molecule has 0 saturated carbocycles. The van der Waals surface area contributed by atoms with Crippen LogP contribution >= 0.6 is 0 Å². The second-order valence-corrected chi connectivity index (χ2v) is 9.30. The fraction of sp³-hybridized carbons (Fsp3) is 0.296. The number of fused-ring (bicyclic) bond motifs is 2. The number of aryl methyl sites for hydroxylation is 1. The highest BCUT2D eigenvalue weighted by Crippen LogP contribution is 2.37. The van der Waals surface area contributed by atoms with Gasteiger partial charge in [0.1, 0.15) is 11.5 Å². The van der Waals surface area contributed by atoms with Crippen molar-refractivity contribution in [2.24, 2.45) is 7.05 Å². The van der Waals surface area contributed by atoms with Crippen LogP contribution in [0.4, 0.5) is 17.2 Å². The van der Waals surface area contributed by atoms with Crippen LogP contribution in [0.15, 0.2) is 55.0 Å². The highest BCUT2D eigenvalue weighted by atomic mass is 16.1. The summed E-state index contributed by atoms with van der Waals surface area (Å²) in [5.74, 6) is 0.662. The molecule has 178 valence electrons. The van der Waals surface area contributed by atoms with Crippen LogP contribution in [0.25, 0.3) is 22.2 Å². The maximum atomic E-state index is 12.8. The Balaban J connectivity index is 1.29. The lowest BCUT2D eigenvalue weighted by atomic mass is 9.94. The Labute approximate surface area is 204 Å². The molecule has 0 aliphatic carbocycles. The lowest BCUT2D eigenvalue weighted by Gasteiger charge is -2.33. The van der Waals surface area contributed by atoms with Gasteiger partial charge in [-0.3, -0.25) is 4.79 Å². The lowest BCUT2D eigenvalue weighted by molar-refractivity contribution is 0.0966. The van der Waals surface area contributed by atoms with Crippen LogP contribution < -0.4 is 20.9 Å². The third-order valence-corrected chi connectivity index (χ3v) is 7.30. The summed E-state index contributed by atoms with van der Waals surface area (Å²) in [4.78, 5) is 24.4. The van der Waals surface area contributed by atoms with Crippen molar-refractivity contribution in [2.45, 2.75) is 25.4 Å². The lowest BCUT2D eigenvalue weighted by Crippen LogP contribution is -2.41. The summed E-state index contributed by atoms with van der Waals surface area (Å²) in [7, 11) is 4.02. The normalized spacial score (nSPS) is 15.9. The molecule has 0 radical (unpaired) electrons. The van der Waals surface area contributed by atoms with Crippen LogP contribution in [0.1, 0.15) is 28.8 Å². The van der Waals surface area contributed by atoms with E-state index < -0.39 is 0 Å². The molecule has 35 heavy (non-hydrogen) atoms. The number of aromatic nitrogens is 3. The third kappa shape index (κ3) is 3.80. The first-order valence-electron chi connectivity index (χ1n) is 12.1. The molecule has 5 heterocycles. The average Bonchev–Trinajstić information content (AvgIpc) is 3.48. The number of nitrogens with one attached hydrogen (secondary N) is 3. The van der Waals surface area contributed by atoms with Crippen LogP contribution in [0, 0.1) is 0 Å². The second-order valence-electron chi connectivity index (χ2n) is 9.30. The van der Waals surface area contributed by atoms with Crippen LogP contribution in [0.2, 0.25) is 0 Å². The van der Waals surface area contributed by atoms with E-state index in [9.17, 15) is 4.79 Å².